The molecular formula is C10H21NO2. The van der Waals surface area contributed by atoms with Crippen LogP contribution in [0.5, 0.6) is 0 Å². The van der Waals surface area contributed by atoms with Gasteiger partial charge < -0.3 is 15.1 Å². The number of aliphatic hydroxyl groups is 2. The predicted molar refractivity (Wildman–Crippen MR) is 52.6 cm³/mol. The first-order chi connectivity index (χ1) is 6.33. The molecule has 3 heteroatoms. The normalized spacial score (nSPS) is 24.9. The Labute approximate surface area is 80.4 Å². The van der Waals surface area contributed by atoms with Gasteiger partial charge in [-0.1, -0.05) is 0 Å². The van der Waals surface area contributed by atoms with E-state index in [4.69, 9.17) is 5.11 Å². The molecule has 1 saturated heterocycles. The van der Waals surface area contributed by atoms with Gasteiger partial charge in [-0.2, -0.15) is 0 Å². The van der Waals surface area contributed by atoms with Crippen LogP contribution in [0.3, 0.4) is 0 Å². The molecule has 78 valence electrons. The predicted octanol–water partition coefficient (Wildman–Crippen LogP) is 0.606. The van der Waals surface area contributed by atoms with E-state index in [2.05, 4.69) is 4.90 Å². The first-order valence-electron chi connectivity index (χ1n) is 5.34. The van der Waals surface area contributed by atoms with Crippen LogP contribution in [0.25, 0.3) is 0 Å². The van der Waals surface area contributed by atoms with Crippen molar-refractivity contribution in [1.29, 1.82) is 0 Å². The van der Waals surface area contributed by atoms with Crippen LogP contribution in [0.2, 0.25) is 0 Å². The molecule has 0 aromatic carbocycles. The summed E-state index contributed by atoms with van der Waals surface area (Å²) < 4.78 is 0. The molecule has 0 spiro atoms. The van der Waals surface area contributed by atoms with Gasteiger partial charge in [0.1, 0.15) is 0 Å². The third-order valence-corrected chi connectivity index (χ3v) is 2.61. The fourth-order valence-electron chi connectivity index (χ4n) is 1.86. The molecule has 1 unspecified atom stereocenters. The third-order valence-electron chi connectivity index (χ3n) is 2.61. The second kappa shape index (κ2) is 6.35. The quantitative estimate of drug-likeness (QED) is 0.620. The maximum atomic E-state index is 9.40. The minimum absolute atomic E-state index is 0.105. The lowest BCUT2D eigenvalue weighted by Gasteiger charge is -2.29. The molecular weight excluding hydrogens is 166 g/mol. The smallest absolute Gasteiger partial charge is 0.0667 e. The fraction of sp³-hybridized carbons (Fsp3) is 1.00. The Kier molecular flexibility index (Phi) is 5.35. The highest BCUT2D eigenvalue weighted by Crippen LogP contribution is 2.10. The molecule has 1 aliphatic heterocycles. The van der Waals surface area contributed by atoms with E-state index >= 15 is 0 Å². The minimum Gasteiger partial charge on any atom is -0.396 e. The van der Waals surface area contributed by atoms with Gasteiger partial charge in [-0.15, -0.1) is 0 Å². The summed E-state index contributed by atoms with van der Waals surface area (Å²) in [5, 5.41) is 18.0. The molecule has 1 atom stereocenters. The van der Waals surface area contributed by atoms with Crippen molar-refractivity contribution in [3.63, 3.8) is 0 Å². The lowest BCUT2D eigenvalue weighted by atomic mass is 10.1. The van der Waals surface area contributed by atoms with Crippen LogP contribution in [0.15, 0.2) is 0 Å². The van der Waals surface area contributed by atoms with Gasteiger partial charge in [-0.3, -0.25) is 0 Å². The summed E-state index contributed by atoms with van der Waals surface area (Å²) in [6.45, 7) is 3.37. The van der Waals surface area contributed by atoms with Gasteiger partial charge in [0.05, 0.1) is 6.10 Å². The SMILES string of the molecule is OCCCCCN1CCCC(O)C1. The summed E-state index contributed by atoms with van der Waals surface area (Å²) in [7, 11) is 0. The van der Waals surface area contributed by atoms with Crippen molar-refractivity contribution < 1.29 is 10.2 Å². The number of β-amino-alcohol motifs (C(OH)–C–C–N with tert-alkyl or cyclic N) is 1. The third kappa shape index (κ3) is 4.60. The molecule has 0 aliphatic carbocycles. The number of hydrogen-bond acceptors (Lipinski definition) is 3. The maximum Gasteiger partial charge on any atom is 0.0667 e. The highest BCUT2D eigenvalue weighted by Gasteiger charge is 2.16. The average Bonchev–Trinajstić information content (AvgIpc) is 2.13. The van der Waals surface area contributed by atoms with Crippen LogP contribution in [-0.2, 0) is 0 Å². The lowest BCUT2D eigenvalue weighted by molar-refractivity contribution is 0.0696. The fourth-order valence-corrected chi connectivity index (χ4v) is 1.86. The zero-order chi connectivity index (χ0) is 9.52. The molecule has 0 amide bonds. The molecule has 1 heterocycles. The molecule has 0 saturated carbocycles. The standard InChI is InChI=1S/C10H21NO2/c12-8-3-1-2-6-11-7-4-5-10(13)9-11/h10,12-13H,1-9H2. The Hall–Kier alpha value is -0.120. The Morgan fingerprint density at radius 3 is 2.77 bits per heavy atom. The monoisotopic (exact) mass is 187 g/mol. The first-order valence-corrected chi connectivity index (χ1v) is 5.34. The molecule has 2 N–H and O–H groups in total. The number of likely N-dealkylation sites (tertiary alicyclic amines) is 1. The van der Waals surface area contributed by atoms with E-state index in [-0.39, 0.29) is 6.10 Å². The largest absolute Gasteiger partial charge is 0.396 e. The molecule has 1 aliphatic rings. The van der Waals surface area contributed by atoms with Crippen LogP contribution in [-0.4, -0.2) is 47.5 Å². The minimum atomic E-state index is -0.105. The van der Waals surface area contributed by atoms with Crippen LogP contribution >= 0.6 is 0 Å². The van der Waals surface area contributed by atoms with Gasteiger partial charge in [-0.05, 0) is 45.2 Å². The molecule has 13 heavy (non-hydrogen) atoms. The zero-order valence-corrected chi connectivity index (χ0v) is 8.28. The van der Waals surface area contributed by atoms with Gasteiger partial charge in [0, 0.05) is 13.2 Å². The number of rotatable bonds is 5. The Balaban J connectivity index is 2.00. The topological polar surface area (TPSA) is 43.7 Å². The van der Waals surface area contributed by atoms with E-state index in [0.29, 0.717) is 6.61 Å². The summed E-state index contributed by atoms with van der Waals surface area (Å²) >= 11 is 0. The van der Waals surface area contributed by atoms with Crippen LogP contribution in [0.4, 0.5) is 0 Å². The Bertz CT molecular complexity index is 130. The lowest BCUT2D eigenvalue weighted by Crippen LogP contribution is -2.38. The first kappa shape index (κ1) is 11.0. The second-order valence-corrected chi connectivity index (χ2v) is 3.88. The molecule has 0 aromatic heterocycles. The number of hydrogen-bond donors (Lipinski definition) is 2. The summed E-state index contributed by atoms with van der Waals surface area (Å²) in [6, 6.07) is 0. The van der Waals surface area contributed by atoms with Gasteiger partial charge in [0.2, 0.25) is 0 Å². The van der Waals surface area contributed by atoms with E-state index in [1.54, 1.807) is 0 Å². The van der Waals surface area contributed by atoms with Crippen molar-refractivity contribution >= 4 is 0 Å². The number of nitrogens with zero attached hydrogens (tertiary/aromatic N) is 1. The van der Waals surface area contributed by atoms with E-state index in [0.717, 1.165) is 51.7 Å². The van der Waals surface area contributed by atoms with Crippen molar-refractivity contribution in [2.45, 2.75) is 38.2 Å². The van der Waals surface area contributed by atoms with E-state index < -0.39 is 0 Å². The molecule has 1 fully saturated rings. The van der Waals surface area contributed by atoms with Crippen molar-refractivity contribution in [2.75, 3.05) is 26.2 Å². The Morgan fingerprint density at radius 1 is 1.23 bits per heavy atom. The maximum absolute atomic E-state index is 9.40. The summed E-state index contributed by atoms with van der Waals surface area (Å²) in [6.07, 6.45) is 5.15. The number of piperidine rings is 1. The second-order valence-electron chi connectivity index (χ2n) is 3.88. The highest BCUT2D eigenvalue weighted by atomic mass is 16.3. The molecule has 1 rings (SSSR count). The van der Waals surface area contributed by atoms with Crippen molar-refractivity contribution in [2.24, 2.45) is 0 Å². The summed E-state index contributed by atoms with van der Waals surface area (Å²) in [5.41, 5.74) is 0. The van der Waals surface area contributed by atoms with Crippen molar-refractivity contribution in [3.05, 3.63) is 0 Å². The molecule has 3 nitrogen and oxygen atoms in total. The number of unbranched alkanes of at least 4 members (excludes halogenated alkanes) is 2. The van der Waals surface area contributed by atoms with Gasteiger partial charge in [-0.25, -0.2) is 0 Å². The van der Waals surface area contributed by atoms with Crippen LogP contribution in [0, 0.1) is 0 Å². The van der Waals surface area contributed by atoms with E-state index in [1.807, 2.05) is 0 Å². The van der Waals surface area contributed by atoms with Crippen molar-refractivity contribution in [1.82, 2.24) is 4.90 Å². The molecule has 0 bridgehead atoms. The number of aliphatic hydroxyl groups excluding tert-OH is 2. The Morgan fingerprint density at radius 2 is 2.08 bits per heavy atom. The molecule has 0 radical (unpaired) electrons. The van der Waals surface area contributed by atoms with Crippen LogP contribution < -0.4 is 0 Å². The van der Waals surface area contributed by atoms with Gasteiger partial charge in [0.25, 0.3) is 0 Å². The zero-order valence-electron chi connectivity index (χ0n) is 8.28. The summed E-state index contributed by atoms with van der Waals surface area (Å²) in [4.78, 5) is 2.32. The highest BCUT2D eigenvalue weighted by molar-refractivity contribution is 4.71. The van der Waals surface area contributed by atoms with Gasteiger partial charge >= 0.3 is 0 Å². The van der Waals surface area contributed by atoms with E-state index in [9.17, 15) is 5.11 Å². The van der Waals surface area contributed by atoms with Crippen LogP contribution in [0.1, 0.15) is 32.1 Å². The average molecular weight is 187 g/mol. The molecule has 0 aromatic rings. The summed E-state index contributed by atoms with van der Waals surface area (Å²) in [5.74, 6) is 0. The van der Waals surface area contributed by atoms with E-state index in [1.165, 1.54) is 0 Å². The van der Waals surface area contributed by atoms with Crippen molar-refractivity contribution in [3.8, 4) is 0 Å². The van der Waals surface area contributed by atoms with Gasteiger partial charge in [0.15, 0.2) is 0 Å².